The first-order valence-corrected chi connectivity index (χ1v) is 5.30. The van der Waals surface area contributed by atoms with E-state index in [1.54, 1.807) is 12.1 Å². The van der Waals surface area contributed by atoms with Crippen molar-refractivity contribution in [3.05, 3.63) is 29.8 Å². The van der Waals surface area contributed by atoms with Crippen molar-refractivity contribution in [2.75, 3.05) is 5.73 Å². The summed E-state index contributed by atoms with van der Waals surface area (Å²) >= 11 is 0. The molecule has 0 aliphatic heterocycles. The minimum absolute atomic E-state index is 0.0888. The lowest BCUT2D eigenvalue weighted by Crippen LogP contribution is -2.32. The molecule has 0 heterocycles. The summed E-state index contributed by atoms with van der Waals surface area (Å²) in [4.78, 5) is 11.8. The predicted molar refractivity (Wildman–Crippen MR) is 62.7 cm³/mol. The SMILES string of the molecule is CCCC(C)NC(=O)c1ccccc1N. The fraction of sp³-hybridized carbons (Fsp3) is 0.417. The van der Waals surface area contributed by atoms with Gasteiger partial charge in [0.25, 0.3) is 5.91 Å². The van der Waals surface area contributed by atoms with E-state index in [-0.39, 0.29) is 11.9 Å². The van der Waals surface area contributed by atoms with E-state index in [1.165, 1.54) is 0 Å². The van der Waals surface area contributed by atoms with E-state index in [0.29, 0.717) is 11.3 Å². The maximum Gasteiger partial charge on any atom is 0.253 e. The van der Waals surface area contributed by atoms with Crippen LogP contribution in [0.1, 0.15) is 37.0 Å². The second-order valence-corrected chi connectivity index (χ2v) is 3.75. The molecule has 0 radical (unpaired) electrons. The largest absolute Gasteiger partial charge is 0.398 e. The van der Waals surface area contributed by atoms with Crippen molar-refractivity contribution >= 4 is 11.6 Å². The Morgan fingerprint density at radius 2 is 2.13 bits per heavy atom. The van der Waals surface area contributed by atoms with Gasteiger partial charge in [-0.1, -0.05) is 25.5 Å². The fourth-order valence-electron chi connectivity index (χ4n) is 1.51. The predicted octanol–water partition coefficient (Wildman–Crippen LogP) is 2.19. The lowest BCUT2D eigenvalue weighted by Gasteiger charge is -2.13. The van der Waals surface area contributed by atoms with Gasteiger partial charge in [0.1, 0.15) is 0 Å². The van der Waals surface area contributed by atoms with Crippen LogP contribution in [0.5, 0.6) is 0 Å². The summed E-state index contributed by atoms with van der Waals surface area (Å²) in [6.45, 7) is 4.10. The van der Waals surface area contributed by atoms with Crippen molar-refractivity contribution in [2.24, 2.45) is 0 Å². The molecule has 0 saturated heterocycles. The molecule has 3 N–H and O–H groups in total. The second-order valence-electron chi connectivity index (χ2n) is 3.75. The van der Waals surface area contributed by atoms with Crippen molar-refractivity contribution in [1.82, 2.24) is 5.32 Å². The average Bonchev–Trinajstić information content (AvgIpc) is 2.18. The molecule has 82 valence electrons. The summed E-state index contributed by atoms with van der Waals surface area (Å²) in [6.07, 6.45) is 2.05. The van der Waals surface area contributed by atoms with E-state index in [1.807, 2.05) is 19.1 Å². The molecule has 0 fully saturated rings. The summed E-state index contributed by atoms with van der Waals surface area (Å²) in [6, 6.07) is 7.31. The number of nitrogen functional groups attached to an aromatic ring is 1. The van der Waals surface area contributed by atoms with E-state index in [2.05, 4.69) is 12.2 Å². The molecule has 3 heteroatoms. The minimum atomic E-state index is -0.0888. The standard InChI is InChI=1S/C12H18N2O/c1-3-6-9(2)14-12(15)10-7-4-5-8-11(10)13/h4-5,7-9H,3,6,13H2,1-2H3,(H,14,15). The number of para-hydroxylation sites is 1. The molecule has 0 aliphatic rings. The van der Waals surface area contributed by atoms with E-state index in [9.17, 15) is 4.79 Å². The molecule has 0 spiro atoms. The van der Waals surface area contributed by atoms with Crippen molar-refractivity contribution in [3.8, 4) is 0 Å². The van der Waals surface area contributed by atoms with Crippen molar-refractivity contribution in [1.29, 1.82) is 0 Å². The molecule has 3 nitrogen and oxygen atoms in total. The zero-order valence-electron chi connectivity index (χ0n) is 9.29. The first kappa shape index (κ1) is 11.6. The monoisotopic (exact) mass is 206 g/mol. The third kappa shape index (κ3) is 3.27. The zero-order chi connectivity index (χ0) is 11.3. The Labute approximate surface area is 90.7 Å². The number of nitrogens with one attached hydrogen (secondary N) is 1. The summed E-state index contributed by atoms with van der Waals surface area (Å²) < 4.78 is 0. The maximum atomic E-state index is 11.8. The third-order valence-corrected chi connectivity index (χ3v) is 2.30. The summed E-state index contributed by atoms with van der Waals surface area (Å²) in [5.41, 5.74) is 6.79. The number of rotatable bonds is 4. The highest BCUT2D eigenvalue weighted by Crippen LogP contribution is 2.10. The Hall–Kier alpha value is -1.51. The maximum absolute atomic E-state index is 11.8. The molecule has 1 rings (SSSR count). The van der Waals surface area contributed by atoms with Crippen LogP contribution in [0.3, 0.4) is 0 Å². The van der Waals surface area contributed by atoms with Gasteiger partial charge >= 0.3 is 0 Å². The third-order valence-electron chi connectivity index (χ3n) is 2.30. The molecule has 1 atom stereocenters. The van der Waals surface area contributed by atoms with Crippen LogP contribution in [-0.4, -0.2) is 11.9 Å². The van der Waals surface area contributed by atoms with Crippen molar-refractivity contribution < 1.29 is 4.79 Å². The van der Waals surface area contributed by atoms with Gasteiger partial charge in [-0.15, -0.1) is 0 Å². The first-order chi connectivity index (χ1) is 7.15. The van der Waals surface area contributed by atoms with Crippen LogP contribution in [-0.2, 0) is 0 Å². The summed E-state index contributed by atoms with van der Waals surface area (Å²) in [5, 5.41) is 2.92. The molecule has 1 unspecified atom stereocenters. The molecule has 0 aromatic heterocycles. The van der Waals surface area contributed by atoms with Crippen molar-refractivity contribution in [2.45, 2.75) is 32.7 Å². The van der Waals surface area contributed by atoms with Gasteiger partial charge < -0.3 is 11.1 Å². The Bertz CT molecular complexity index is 336. The van der Waals surface area contributed by atoms with E-state index in [0.717, 1.165) is 12.8 Å². The van der Waals surface area contributed by atoms with Gasteiger partial charge in [0.2, 0.25) is 0 Å². The Balaban J connectivity index is 2.65. The van der Waals surface area contributed by atoms with Crippen LogP contribution in [0, 0.1) is 0 Å². The molecule has 1 aromatic carbocycles. The molecular weight excluding hydrogens is 188 g/mol. The van der Waals surface area contributed by atoms with Crippen LogP contribution >= 0.6 is 0 Å². The number of carbonyl (C=O) groups is 1. The van der Waals surface area contributed by atoms with Crippen LogP contribution in [0.2, 0.25) is 0 Å². The van der Waals surface area contributed by atoms with Gasteiger partial charge in [-0.25, -0.2) is 0 Å². The zero-order valence-corrected chi connectivity index (χ0v) is 9.29. The number of benzene rings is 1. The average molecular weight is 206 g/mol. The quantitative estimate of drug-likeness (QED) is 0.742. The van der Waals surface area contributed by atoms with Crippen LogP contribution < -0.4 is 11.1 Å². The van der Waals surface area contributed by atoms with Gasteiger partial charge in [-0.2, -0.15) is 0 Å². The van der Waals surface area contributed by atoms with Crippen LogP contribution in [0.4, 0.5) is 5.69 Å². The van der Waals surface area contributed by atoms with E-state index < -0.39 is 0 Å². The first-order valence-electron chi connectivity index (χ1n) is 5.30. The highest BCUT2D eigenvalue weighted by atomic mass is 16.1. The van der Waals surface area contributed by atoms with Gasteiger partial charge in [-0.3, -0.25) is 4.79 Å². The van der Waals surface area contributed by atoms with Gasteiger partial charge in [0, 0.05) is 11.7 Å². The molecular formula is C12H18N2O. The minimum Gasteiger partial charge on any atom is -0.398 e. The summed E-state index contributed by atoms with van der Waals surface area (Å²) in [7, 11) is 0. The molecule has 0 bridgehead atoms. The Kier molecular flexibility index (Phi) is 4.16. The van der Waals surface area contributed by atoms with Gasteiger partial charge in [0.05, 0.1) is 5.56 Å². The molecule has 1 aromatic rings. The highest BCUT2D eigenvalue weighted by Gasteiger charge is 2.10. The molecule has 0 saturated carbocycles. The molecule has 0 aliphatic carbocycles. The lowest BCUT2D eigenvalue weighted by molar-refractivity contribution is 0.0939. The normalized spacial score (nSPS) is 12.1. The Morgan fingerprint density at radius 3 is 2.73 bits per heavy atom. The summed E-state index contributed by atoms with van der Waals surface area (Å²) in [5.74, 6) is -0.0888. The van der Waals surface area contributed by atoms with E-state index >= 15 is 0 Å². The number of carbonyl (C=O) groups excluding carboxylic acids is 1. The number of anilines is 1. The van der Waals surface area contributed by atoms with Gasteiger partial charge in [-0.05, 0) is 25.5 Å². The second kappa shape index (κ2) is 5.39. The number of amides is 1. The molecule has 15 heavy (non-hydrogen) atoms. The van der Waals surface area contributed by atoms with E-state index in [4.69, 9.17) is 5.73 Å². The van der Waals surface area contributed by atoms with Gasteiger partial charge in [0.15, 0.2) is 0 Å². The van der Waals surface area contributed by atoms with Crippen LogP contribution in [0.25, 0.3) is 0 Å². The van der Waals surface area contributed by atoms with Crippen molar-refractivity contribution in [3.63, 3.8) is 0 Å². The number of nitrogens with two attached hydrogens (primary N) is 1. The smallest absolute Gasteiger partial charge is 0.253 e. The fourth-order valence-corrected chi connectivity index (χ4v) is 1.51. The van der Waals surface area contributed by atoms with Crippen LogP contribution in [0.15, 0.2) is 24.3 Å². The highest BCUT2D eigenvalue weighted by molar-refractivity contribution is 5.99. The molecule has 1 amide bonds. The number of hydrogen-bond acceptors (Lipinski definition) is 2. The lowest BCUT2D eigenvalue weighted by atomic mass is 10.1. The topological polar surface area (TPSA) is 55.1 Å². The Morgan fingerprint density at radius 1 is 1.47 bits per heavy atom. The number of hydrogen-bond donors (Lipinski definition) is 2.